The smallest absolute Gasteiger partial charge is 0.435 e. The van der Waals surface area contributed by atoms with E-state index in [-0.39, 0.29) is 6.42 Å². The fourth-order valence-corrected chi connectivity index (χ4v) is 2.13. The SMILES string of the molecule is CCCC[C@H](NC(=O)c1cn(C)nc1C(F)(F)F)C(=O)OC(C)(C)C. The second-order valence-electron chi connectivity index (χ2n) is 6.76. The van der Waals surface area contributed by atoms with Crippen LogP contribution in [0.1, 0.15) is 63.0 Å². The summed E-state index contributed by atoms with van der Waals surface area (Å²) in [6.07, 6.45) is -2.14. The van der Waals surface area contributed by atoms with Gasteiger partial charge >= 0.3 is 12.1 Å². The number of rotatable bonds is 6. The fraction of sp³-hybridized carbons (Fsp3) is 0.688. The van der Waals surface area contributed by atoms with Gasteiger partial charge in [-0.15, -0.1) is 0 Å². The van der Waals surface area contributed by atoms with E-state index in [0.29, 0.717) is 6.42 Å². The summed E-state index contributed by atoms with van der Waals surface area (Å²) < 4.78 is 45.1. The molecule has 1 rings (SSSR count). The van der Waals surface area contributed by atoms with Gasteiger partial charge in [-0.1, -0.05) is 19.8 Å². The Kier molecular flexibility index (Phi) is 6.61. The van der Waals surface area contributed by atoms with E-state index in [1.54, 1.807) is 20.8 Å². The molecule has 1 aromatic rings. The number of nitrogens with one attached hydrogen (secondary N) is 1. The van der Waals surface area contributed by atoms with Gasteiger partial charge in [0.1, 0.15) is 11.6 Å². The number of esters is 1. The summed E-state index contributed by atoms with van der Waals surface area (Å²) in [4.78, 5) is 24.5. The minimum absolute atomic E-state index is 0.277. The Balaban J connectivity index is 3.01. The van der Waals surface area contributed by atoms with Crippen molar-refractivity contribution in [3.05, 3.63) is 17.5 Å². The number of alkyl halides is 3. The molecule has 0 spiro atoms. The van der Waals surface area contributed by atoms with Crippen LogP contribution in [-0.4, -0.2) is 33.3 Å². The van der Waals surface area contributed by atoms with Crippen LogP contribution in [0, 0.1) is 0 Å². The van der Waals surface area contributed by atoms with Gasteiger partial charge in [0.2, 0.25) is 0 Å². The lowest BCUT2D eigenvalue weighted by molar-refractivity contribution is -0.157. The number of amides is 1. The second kappa shape index (κ2) is 7.88. The van der Waals surface area contributed by atoms with Crippen molar-refractivity contribution in [2.75, 3.05) is 0 Å². The molecule has 1 aromatic heterocycles. The highest BCUT2D eigenvalue weighted by molar-refractivity contribution is 5.97. The van der Waals surface area contributed by atoms with Crippen LogP contribution in [0.15, 0.2) is 6.20 Å². The molecule has 0 unspecified atom stereocenters. The molecule has 1 heterocycles. The number of unbranched alkanes of at least 4 members (excludes halogenated alkanes) is 1. The number of hydrogen-bond donors (Lipinski definition) is 1. The van der Waals surface area contributed by atoms with Crippen LogP contribution < -0.4 is 5.32 Å². The van der Waals surface area contributed by atoms with Crippen LogP contribution in [0.5, 0.6) is 0 Å². The summed E-state index contributed by atoms with van der Waals surface area (Å²) in [5, 5.41) is 5.64. The van der Waals surface area contributed by atoms with Gasteiger partial charge in [0.15, 0.2) is 5.69 Å². The fourth-order valence-electron chi connectivity index (χ4n) is 2.13. The lowest BCUT2D eigenvalue weighted by Gasteiger charge is -2.24. The number of carbonyl (C=O) groups is 2. The highest BCUT2D eigenvalue weighted by Crippen LogP contribution is 2.30. The molecule has 0 saturated heterocycles. The molecule has 1 amide bonds. The lowest BCUT2D eigenvalue weighted by atomic mass is 10.1. The first-order valence-electron chi connectivity index (χ1n) is 7.99. The van der Waals surface area contributed by atoms with E-state index in [1.165, 1.54) is 7.05 Å². The van der Waals surface area contributed by atoms with Crippen LogP contribution in [0.3, 0.4) is 0 Å². The molecule has 0 saturated carbocycles. The van der Waals surface area contributed by atoms with Gasteiger partial charge in [0, 0.05) is 13.2 Å². The summed E-state index contributed by atoms with van der Waals surface area (Å²) in [6.45, 7) is 6.92. The third-order valence-corrected chi connectivity index (χ3v) is 3.18. The van der Waals surface area contributed by atoms with Crippen LogP contribution >= 0.6 is 0 Å². The predicted molar refractivity (Wildman–Crippen MR) is 84.8 cm³/mol. The monoisotopic (exact) mass is 363 g/mol. The first-order valence-corrected chi connectivity index (χ1v) is 7.99. The number of nitrogens with zero attached hydrogens (tertiary/aromatic N) is 2. The molecule has 0 aliphatic carbocycles. The number of halogens is 3. The number of aromatic nitrogens is 2. The minimum atomic E-state index is -4.77. The van der Waals surface area contributed by atoms with Crippen LogP contribution in [0.4, 0.5) is 13.2 Å². The van der Waals surface area contributed by atoms with Gasteiger partial charge in [-0.25, -0.2) is 4.79 Å². The van der Waals surface area contributed by atoms with Gasteiger partial charge in [-0.2, -0.15) is 18.3 Å². The molecule has 0 radical (unpaired) electrons. The summed E-state index contributed by atoms with van der Waals surface area (Å²) in [7, 11) is 1.29. The first kappa shape index (κ1) is 21.0. The molecule has 1 N–H and O–H groups in total. The molecular formula is C16H24F3N3O3. The lowest BCUT2D eigenvalue weighted by Crippen LogP contribution is -2.44. The summed E-state index contributed by atoms with van der Waals surface area (Å²) in [6, 6.07) is -1.02. The van der Waals surface area contributed by atoms with Crippen LogP contribution in [0.2, 0.25) is 0 Å². The van der Waals surface area contributed by atoms with Gasteiger partial charge in [-0.05, 0) is 27.2 Å². The number of hydrogen-bond acceptors (Lipinski definition) is 4. The van der Waals surface area contributed by atoms with Crippen molar-refractivity contribution in [2.24, 2.45) is 7.05 Å². The Morgan fingerprint density at radius 3 is 2.40 bits per heavy atom. The number of ether oxygens (including phenoxy) is 1. The van der Waals surface area contributed by atoms with E-state index in [1.807, 2.05) is 6.92 Å². The maximum atomic E-state index is 13.0. The Hall–Kier alpha value is -2.06. The number of aryl methyl sites for hydroxylation is 1. The van der Waals surface area contributed by atoms with Crippen molar-refractivity contribution >= 4 is 11.9 Å². The van der Waals surface area contributed by atoms with E-state index in [0.717, 1.165) is 17.3 Å². The summed E-state index contributed by atoms with van der Waals surface area (Å²) in [5.41, 5.74) is -2.68. The Bertz CT molecular complexity index is 618. The molecule has 0 aliphatic rings. The average Bonchev–Trinajstić information content (AvgIpc) is 2.83. The van der Waals surface area contributed by atoms with E-state index in [9.17, 15) is 22.8 Å². The maximum Gasteiger partial charge on any atom is 0.435 e. The van der Waals surface area contributed by atoms with Crippen molar-refractivity contribution in [2.45, 2.75) is 64.8 Å². The van der Waals surface area contributed by atoms with Gasteiger partial charge < -0.3 is 10.1 Å². The molecule has 0 aliphatic heterocycles. The van der Waals surface area contributed by atoms with E-state index < -0.39 is 41.0 Å². The summed E-state index contributed by atoms with van der Waals surface area (Å²) in [5.74, 6) is -1.68. The Morgan fingerprint density at radius 1 is 1.32 bits per heavy atom. The third-order valence-electron chi connectivity index (χ3n) is 3.18. The van der Waals surface area contributed by atoms with Crippen molar-refractivity contribution in [3.63, 3.8) is 0 Å². The topological polar surface area (TPSA) is 73.2 Å². The molecule has 142 valence electrons. The highest BCUT2D eigenvalue weighted by atomic mass is 19.4. The predicted octanol–water partition coefficient (Wildman–Crippen LogP) is 3.07. The molecule has 9 heteroatoms. The maximum absolute atomic E-state index is 13.0. The molecule has 0 aromatic carbocycles. The molecule has 6 nitrogen and oxygen atoms in total. The quantitative estimate of drug-likeness (QED) is 0.789. The Labute approximate surface area is 144 Å². The standard InChI is InChI=1S/C16H24F3N3O3/c1-6-7-8-11(14(24)25-15(2,3)4)20-13(23)10-9-22(5)21-12(10)16(17,18)19/h9,11H,6-8H2,1-5H3,(H,20,23)/t11-/m0/s1. The van der Waals surface area contributed by atoms with Gasteiger partial charge in [-0.3, -0.25) is 9.48 Å². The minimum Gasteiger partial charge on any atom is -0.458 e. The normalized spacial score (nSPS) is 13.4. The van der Waals surface area contributed by atoms with Crippen LogP contribution in [0.25, 0.3) is 0 Å². The van der Waals surface area contributed by atoms with Crippen molar-refractivity contribution in [1.82, 2.24) is 15.1 Å². The second-order valence-corrected chi connectivity index (χ2v) is 6.76. The average molecular weight is 363 g/mol. The number of carbonyl (C=O) groups excluding carboxylic acids is 2. The molecule has 0 bridgehead atoms. The third kappa shape index (κ3) is 6.39. The van der Waals surface area contributed by atoms with Crippen molar-refractivity contribution in [3.8, 4) is 0 Å². The summed E-state index contributed by atoms with van der Waals surface area (Å²) >= 11 is 0. The zero-order valence-electron chi connectivity index (χ0n) is 15.0. The van der Waals surface area contributed by atoms with E-state index >= 15 is 0 Å². The van der Waals surface area contributed by atoms with Crippen molar-refractivity contribution in [1.29, 1.82) is 0 Å². The largest absolute Gasteiger partial charge is 0.458 e. The Morgan fingerprint density at radius 2 is 1.92 bits per heavy atom. The zero-order chi connectivity index (χ0) is 19.4. The van der Waals surface area contributed by atoms with Gasteiger partial charge in [0.25, 0.3) is 5.91 Å². The molecule has 25 heavy (non-hydrogen) atoms. The van der Waals surface area contributed by atoms with E-state index in [2.05, 4.69) is 10.4 Å². The zero-order valence-corrected chi connectivity index (χ0v) is 15.0. The van der Waals surface area contributed by atoms with E-state index in [4.69, 9.17) is 4.74 Å². The molecular weight excluding hydrogens is 339 g/mol. The van der Waals surface area contributed by atoms with Crippen molar-refractivity contribution < 1.29 is 27.5 Å². The highest BCUT2D eigenvalue weighted by Gasteiger charge is 2.39. The first-order chi connectivity index (χ1) is 11.3. The van der Waals surface area contributed by atoms with Gasteiger partial charge in [0.05, 0.1) is 5.56 Å². The molecule has 0 fully saturated rings. The van der Waals surface area contributed by atoms with Crippen LogP contribution in [-0.2, 0) is 22.8 Å². The molecule has 1 atom stereocenters.